The number of hydrogen-bond donors (Lipinski definition) is 0. The molecule has 0 bridgehead atoms. The van der Waals surface area contributed by atoms with Crippen LogP contribution < -0.4 is 0 Å². The number of Topliss-reactive ketones (excluding diaryl/α,β-unsaturated/α-hetero) is 1. The monoisotopic (exact) mass is 439 g/mol. The summed E-state index contributed by atoms with van der Waals surface area (Å²) >= 11 is 9.09. The third kappa shape index (κ3) is 2.45. The Labute approximate surface area is 151 Å². The summed E-state index contributed by atoms with van der Waals surface area (Å²) in [6.45, 7) is 0. The summed E-state index contributed by atoms with van der Waals surface area (Å²) in [6.07, 6.45) is 3.64. The second-order valence-corrected chi connectivity index (χ2v) is 8.89. The number of benzene rings is 1. The van der Waals surface area contributed by atoms with Crippen molar-refractivity contribution in [1.82, 2.24) is 0 Å². The van der Waals surface area contributed by atoms with Gasteiger partial charge in [-0.15, -0.1) is 0 Å². The number of halogens is 2. The molecule has 2 atom stereocenters. The van der Waals surface area contributed by atoms with Crippen LogP contribution in [-0.2, 0) is 4.79 Å². The highest BCUT2D eigenvalue weighted by molar-refractivity contribution is 9.13. The van der Waals surface area contributed by atoms with E-state index in [4.69, 9.17) is 4.99 Å². The van der Waals surface area contributed by atoms with Crippen LogP contribution in [0.5, 0.6) is 0 Å². The van der Waals surface area contributed by atoms with Crippen LogP contribution in [0.4, 0.5) is 0 Å². The molecule has 2 aliphatic heterocycles. The molecule has 22 heavy (non-hydrogen) atoms. The summed E-state index contributed by atoms with van der Waals surface area (Å²) in [6, 6.07) is 6.37. The van der Waals surface area contributed by atoms with Gasteiger partial charge in [-0.2, -0.15) is 11.8 Å². The molecule has 114 valence electrons. The number of carbonyl (C=O) groups excluding carboxylic acids is 1. The summed E-state index contributed by atoms with van der Waals surface area (Å²) in [5.74, 6) is 1.60. The van der Waals surface area contributed by atoms with Crippen LogP contribution in [0.3, 0.4) is 0 Å². The molecule has 0 N–H and O–H groups in total. The van der Waals surface area contributed by atoms with Crippen LogP contribution in [0, 0.1) is 0 Å². The lowest BCUT2D eigenvalue weighted by Gasteiger charge is -2.33. The molecule has 4 rings (SSSR count). The van der Waals surface area contributed by atoms with Gasteiger partial charge in [0.05, 0.1) is 5.25 Å². The second kappa shape index (κ2) is 5.91. The van der Waals surface area contributed by atoms with E-state index in [1.807, 2.05) is 11.8 Å². The first-order valence-electron chi connectivity index (χ1n) is 7.55. The molecule has 0 spiro atoms. The largest absolute Gasteiger partial charge is 0.294 e. The molecule has 5 heteroatoms. The quantitative estimate of drug-likeness (QED) is 0.595. The molecule has 2 unspecified atom stereocenters. The van der Waals surface area contributed by atoms with E-state index in [2.05, 4.69) is 50.1 Å². The molecule has 0 radical (unpaired) electrons. The van der Waals surface area contributed by atoms with E-state index < -0.39 is 0 Å². The van der Waals surface area contributed by atoms with Gasteiger partial charge in [0, 0.05) is 38.3 Å². The molecule has 0 saturated carbocycles. The molecular weight excluding hydrogens is 426 g/mol. The topological polar surface area (TPSA) is 29.4 Å². The molecule has 3 aliphatic rings. The second-order valence-electron chi connectivity index (χ2n) is 5.93. The summed E-state index contributed by atoms with van der Waals surface area (Å²) < 4.78 is 2.09. The smallest absolute Gasteiger partial charge is 0.161 e. The van der Waals surface area contributed by atoms with Crippen LogP contribution in [0.1, 0.15) is 37.2 Å². The molecular formula is C17H15Br2NOS. The van der Waals surface area contributed by atoms with E-state index in [9.17, 15) is 4.79 Å². The predicted octanol–water partition coefficient (Wildman–Crippen LogP) is 5.26. The zero-order valence-electron chi connectivity index (χ0n) is 11.9. The van der Waals surface area contributed by atoms with E-state index in [1.165, 1.54) is 11.3 Å². The van der Waals surface area contributed by atoms with Crippen molar-refractivity contribution in [2.24, 2.45) is 4.99 Å². The summed E-state index contributed by atoms with van der Waals surface area (Å²) in [5.41, 5.74) is 4.57. The Kier molecular flexibility index (Phi) is 4.07. The highest BCUT2D eigenvalue weighted by Gasteiger charge is 2.42. The third-order valence-electron chi connectivity index (χ3n) is 4.61. The number of carbonyl (C=O) groups is 1. The number of thioether (sulfide) groups is 1. The number of ketones is 1. The Bertz CT molecular complexity index is 725. The maximum Gasteiger partial charge on any atom is 0.161 e. The zero-order valence-corrected chi connectivity index (χ0v) is 15.9. The van der Waals surface area contributed by atoms with Crippen molar-refractivity contribution >= 4 is 55.1 Å². The van der Waals surface area contributed by atoms with Crippen LogP contribution in [0.2, 0.25) is 0 Å². The fraction of sp³-hybridized carbons (Fsp3) is 0.412. The lowest BCUT2D eigenvalue weighted by molar-refractivity contribution is -0.116. The Hall–Kier alpha value is -0.390. The van der Waals surface area contributed by atoms with E-state index in [1.54, 1.807) is 0 Å². The summed E-state index contributed by atoms with van der Waals surface area (Å²) in [4.78, 5) is 17.5. The van der Waals surface area contributed by atoms with Crippen LogP contribution in [0.25, 0.3) is 0 Å². The van der Waals surface area contributed by atoms with Gasteiger partial charge in [0.25, 0.3) is 0 Å². The first-order valence-corrected chi connectivity index (χ1v) is 10.2. The lowest BCUT2D eigenvalue weighted by Crippen LogP contribution is -2.32. The van der Waals surface area contributed by atoms with Gasteiger partial charge >= 0.3 is 0 Å². The van der Waals surface area contributed by atoms with E-state index in [0.717, 1.165) is 45.2 Å². The van der Waals surface area contributed by atoms with Crippen molar-refractivity contribution in [2.75, 3.05) is 5.75 Å². The highest BCUT2D eigenvalue weighted by Crippen LogP contribution is 2.48. The Morgan fingerprint density at radius 3 is 2.82 bits per heavy atom. The molecule has 1 fully saturated rings. The fourth-order valence-corrected chi connectivity index (χ4v) is 5.70. The SMILES string of the molecule is O=C1CCCC2=C1C(c1ccc(Br)c(Br)c1)C1SCCC1=N2. The maximum atomic E-state index is 12.6. The van der Waals surface area contributed by atoms with Crippen molar-refractivity contribution in [3.63, 3.8) is 0 Å². The molecule has 1 aromatic rings. The molecule has 0 aromatic heterocycles. The Morgan fingerprint density at radius 1 is 1.14 bits per heavy atom. The average Bonchev–Trinajstić information content (AvgIpc) is 2.96. The van der Waals surface area contributed by atoms with Gasteiger partial charge in [-0.25, -0.2) is 0 Å². The van der Waals surface area contributed by atoms with Gasteiger partial charge in [0.2, 0.25) is 0 Å². The van der Waals surface area contributed by atoms with Gasteiger partial charge in [-0.05, 0) is 74.6 Å². The van der Waals surface area contributed by atoms with Gasteiger partial charge in [-0.3, -0.25) is 9.79 Å². The lowest BCUT2D eigenvalue weighted by atomic mass is 9.77. The van der Waals surface area contributed by atoms with Gasteiger partial charge in [-0.1, -0.05) is 6.07 Å². The predicted molar refractivity (Wildman–Crippen MR) is 98.8 cm³/mol. The molecule has 1 aromatic carbocycles. The van der Waals surface area contributed by atoms with Crippen molar-refractivity contribution in [1.29, 1.82) is 0 Å². The first kappa shape index (κ1) is 15.2. The minimum Gasteiger partial charge on any atom is -0.294 e. The van der Waals surface area contributed by atoms with Crippen LogP contribution in [-0.4, -0.2) is 22.5 Å². The Morgan fingerprint density at radius 2 is 2.00 bits per heavy atom. The van der Waals surface area contributed by atoms with Gasteiger partial charge in [0.15, 0.2) is 5.78 Å². The third-order valence-corrected chi connectivity index (χ3v) is 7.83. The van der Waals surface area contributed by atoms with Gasteiger partial charge < -0.3 is 0 Å². The maximum absolute atomic E-state index is 12.6. The van der Waals surface area contributed by atoms with E-state index in [-0.39, 0.29) is 5.92 Å². The summed E-state index contributed by atoms with van der Waals surface area (Å²) in [7, 11) is 0. The molecule has 1 aliphatic carbocycles. The Balaban J connectivity index is 1.87. The number of rotatable bonds is 1. The van der Waals surface area contributed by atoms with E-state index in [0.29, 0.717) is 17.5 Å². The minimum atomic E-state index is 0.173. The van der Waals surface area contributed by atoms with Crippen molar-refractivity contribution in [2.45, 2.75) is 36.9 Å². The summed E-state index contributed by atoms with van der Waals surface area (Å²) in [5, 5.41) is 0.342. The van der Waals surface area contributed by atoms with E-state index >= 15 is 0 Å². The minimum absolute atomic E-state index is 0.173. The average molecular weight is 441 g/mol. The first-order chi connectivity index (χ1) is 10.6. The molecule has 0 amide bonds. The molecule has 2 heterocycles. The number of allylic oxidation sites excluding steroid dienone is 2. The standard InChI is InChI=1S/C17H15Br2NOS/c18-10-5-4-9(8-11(10)19)15-16-12(2-1-3-14(16)21)20-13-6-7-22-17(13)15/h4-5,8,15,17H,1-3,6-7H2. The van der Waals surface area contributed by atoms with Crippen molar-refractivity contribution in [3.05, 3.63) is 44.0 Å². The molecule has 1 saturated heterocycles. The zero-order chi connectivity index (χ0) is 15.3. The van der Waals surface area contributed by atoms with Crippen LogP contribution >= 0.6 is 43.6 Å². The number of nitrogens with zero attached hydrogens (tertiary/aromatic N) is 1. The molecule has 2 nitrogen and oxygen atoms in total. The number of hydrogen-bond acceptors (Lipinski definition) is 3. The van der Waals surface area contributed by atoms with Crippen LogP contribution in [0.15, 0.2) is 43.4 Å². The number of fused-ring (bicyclic) bond motifs is 1. The van der Waals surface area contributed by atoms with Crippen molar-refractivity contribution < 1.29 is 4.79 Å². The highest BCUT2D eigenvalue weighted by atomic mass is 79.9. The normalized spacial score (nSPS) is 27.5. The number of aliphatic imine (C=N–C) groups is 1. The van der Waals surface area contributed by atoms with Crippen molar-refractivity contribution in [3.8, 4) is 0 Å². The fourth-order valence-electron chi connectivity index (χ4n) is 3.62. The van der Waals surface area contributed by atoms with Gasteiger partial charge in [0.1, 0.15) is 0 Å².